The Morgan fingerprint density at radius 2 is 1.63 bits per heavy atom. The second-order valence-corrected chi connectivity index (χ2v) is 10.0. The van der Waals surface area contributed by atoms with Crippen LogP contribution in [0.4, 0.5) is 13.2 Å². The minimum Gasteiger partial charge on any atom is -0.469 e. The molecule has 41 heavy (non-hydrogen) atoms. The first kappa shape index (κ1) is 29.7. The first-order valence-electron chi connectivity index (χ1n) is 12.9. The summed E-state index contributed by atoms with van der Waals surface area (Å²) in [6.45, 7) is 0.482. The van der Waals surface area contributed by atoms with E-state index in [1.165, 1.54) is 30.6 Å². The van der Waals surface area contributed by atoms with E-state index in [1.807, 2.05) is 30.3 Å². The fourth-order valence-electron chi connectivity index (χ4n) is 3.91. The maximum absolute atomic E-state index is 13.1. The van der Waals surface area contributed by atoms with Crippen molar-refractivity contribution in [2.75, 3.05) is 7.11 Å². The number of ether oxygens (including phenoxy) is 2. The van der Waals surface area contributed by atoms with Gasteiger partial charge in [0.25, 0.3) is 0 Å². The van der Waals surface area contributed by atoms with E-state index in [-0.39, 0.29) is 30.5 Å². The Bertz CT molecular complexity index is 1550. The lowest BCUT2D eigenvalue weighted by molar-refractivity contribution is -0.141. The third-order valence-corrected chi connectivity index (χ3v) is 7.02. The topological polar surface area (TPSA) is 82.8 Å². The molecule has 1 aromatic heterocycles. The maximum Gasteiger partial charge on any atom is 0.416 e. The van der Waals surface area contributed by atoms with E-state index in [1.54, 1.807) is 28.9 Å². The Morgan fingerprint density at radius 1 is 0.927 bits per heavy atom. The van der Waals surface area contributed by atoms with E-state index in [0.29, 0.717) is 46.9 Å². The summed E-state index contributed by atoms with van der Waals surface area (Å²) in [6, 6.07) is 21.4. The van der Waals surface area contributed by atoms with Crippen LogP contribution in [0.5, 0.6) is 11.5 Å². The molecule has 0 radical (unpaired) electrons. The minimum atomic E-state index is -4.48. The molecule has 0 atom stereocenters. The summed E-state index contributed by atoms with van der Waals surface area (Å²) in [5.74, 6) is -0.241. The SMILES string of the molecule is COC(=O)CCCCC(=O)N=c1sc(-c2cccc(Oc3cccc(C(F)(F)F)c3)c2)nn1CCc1ccccc1. The van der Waals surface area contributed by atoms with E-state index in [0.717, 1.165) is 17.7 Å². The predicted molar refractivity (Wildman–Crippen MR) is 148 cm³/mol. The standard InChI is InChI=1S/C30H28F3N3O4S/c1-39-27(38)16-6-5-15-26(37)34-29-36(18-17-21-9-3-2-4-10-21)35-28(41-29)22-11-7-13-24(19-22)40-25-14-8-12-23(20-25)30(31,32)33/h2-4,7-14,19-20H,5-6,15-18H2,1H3. The number of carbonyl (C=O) groups excluding carboxylic acids is 2. The van der Waals surface area contributed by atoms with Crippen LogP contribution in [0.15, 0.2) is 83.9 Å². The van der Waals surface area contributed by atoms with E-state index >= 15 is 0 Å². The molecule has 0 saturated heterocycles. The number of alkyl halides is 3. The van der Waals surface area contributed by atoms with E-state index in [9.17, 15) is 22.8 Å². The molecule has 4 aromatic rings. The fraction of sp³-hybridized carbons (Fsp3) is 0.267. The summed E-state index contributed by atoms with van der Waals surface area (Å²) in [4.78, 5) is 28.7. The van der Waals surface area contributed by atoms with E-state index in [4.69, 9.17) is 9.84 Å². The number of nitrogens with zero attached hydrogens (tertiary/aromatic N) is 3. The zero-order valence-corrected chi connectivity index (χ0v) is 23.1. The van der Waals surface area contributed by atoms with Crippen molar-refractivity contribution in [2.24, 2.45) is 4.99 Å². The lowest BCUT2D eigenvalue weighted by Crippen LogP contribution is -2.19. The van der Waals surface area contributed by atoms with Gasteiger partial charge in [-0.3, -0.25) is 9.59 Å². The lowest BCUT2D eigenvalue weighted by Gasteiger charge is -2.10. The van der Waals surface area contributed by atoms with Gasteiger partial charge in [0, 0.05) is 24.9 Å². The number of aryl methyl sites for hydroxylation is 2. The van der Waals surface area contributed by atoms with Gasteiger partial charge in [-0.15, -0.1) is 0 Å². The van der Waals surface area contributed by atoms with Gasteiger partial charge in [-0.2, -0.15) is 23.3 Å². The molecule has 4 rings (SSSR count). The molecule has 0 N–H and O–H groups in total. The zero-order chi connectivity index (χ0) is 29.2. The summed E-state index contributed by atoms with van der Waals surface area (Å²) >= 11 is 1.23. The Labute approximate surface area is 238 Å². The predicted octanol–water partition coefficient (Wildman–Crippen LogP) is 6.83. The first-order valence-corrected chi connectivity index (χ1v) is 13.7. The molecular weight excluding hydrogens is 555 g/mol. The highest BCUT2D eigenvalue weighted by Crippen LogP contribution is 2.33. The number of hydrogen-bond acceptors (Lipinski definition) is 6. The van der Waals surface area contributed by atoms with Gasteiger partial charge in [-0.25, -0.2) is 4.68 Å². The number of amides is 1. The number of benzene rings is 3. The van der Waals surface area contributed by atoms with Crippen LogP contribution in [0.1, 0.15) is 36.8 Å². The average molecular weight is 584 g/mol. The molecule has 0 unspecified atom stereocenters. The van der Waals surface area contributed by atoms with Gasteiger partial charge in [0.2, 0.25) is 10.7 Å². The number of carbonyl (C=O) groups is 2. The smallest absolute Gasteiger partial charge is 0.416 e. The number of hydrogen-bond donors (Lipinski definition) is 0. The summed E-state index contributed by atoms with van der Waals surface area (Å²) in [7, 11) is 1.32. The van der Waals surface area contributed by atoms with Crippen molar-refractivity contribution >= 4 is 23.2 Å². The van der Waals surface area contributed by atoms with Crippen LogP contribution in [-0.2, 0) is 33.5 Å². The number of esters is 1. The van der Waals surface area contributed by atoms with Crippen LogP contribution >= 0.6 is 11.3 Å². The van der Waals surface area contributed by atoms with Crippen LogP contribution in [0.25, 0.3) is 10.6 Å². The van der Waals surface area contributed by atoms with Gasteiger partial charge in [0.15, 0.2) is 0 Å². The van der Waals surface area contributed by atoms with Crippen molar-refractivity contribution in [3.8, 4) is 22.1 Å². The highest BCUT2D eigenvalue weighted by Gasteiger charge is 2.30. The molecule has 0 aliphatic heterocycles. The Hall–Kier alpha value is -4.25. The van der Waals surface area contributed by atoms with Crippen LogP contribution in [-0.4, -0.2) is 28.8 Å². The summed E-state index contributed by atoms with van der Waals surface area (Å²) < 4.78 is 51.4. The Kier molecular flexibility index (Phi) is 10.1. The number of halogens is 3. The van der Waals surface area contributed by atoms with Gasteiger partial charge in [0.05, 0.1) is 12.7 Å². The molecule has 1 amide bonds. The summed E-state index contributed by atoms with van der Waals surface area (Å²) in [6.07, 6.45) is -2.36. The van der Waals surface area contributed by atoms with Crippen molar-refractivity contribution in [2.45, 2.75) is 44.8 Å². The van der Waals surface area contributed by atoms with Crippen molar-refractivity contribution in [1.82, 2.24) is 9.78 Å². The van der Waals surface area contributed by atoms with Crippen LogP contribution in [0.2, 0.25) is 0 Å². The largest absolute Gasteiger partial charge is 0.469 e. The number of methoxy groups -OCH3 is 1. The second kappa shape index (κ2) is 13.9. The van der Waals surface area contributed by atoms with E-state index in [2.05, 4.69) is 9.73 Å². The maximum atomic E-state index is 13.1. The van der Waals surface area contributed by atoms with Crippen molar-refractivity contribution in [3.63, 3.8) is 0 Å². The van der Waals surface area contributed by atoms with Gasteiger partial charge in [0.1, 0.15) is 16.5 Å². The number of aromatic nitrogens is 2. The molecule has 0 spiro atoms. The third kappa shape index (κ3) is 8.87. The van der Waals surface area contributed by atoms with E-state index < -0.39 is 11.7 Å². The molecule has 0 saturated carbocycles. The molecule has 0 bridgehead atoms. The molecule has 11 heteroatoms. The van der Waals surface area contributed by atoms with Gasteiger partial charge in [-0.1, -0.05) is 59.9 Å². The average Bonchev–Trinajstić information content (AvgIpc) is 3.37. The molecule has 214 valence electrons. The van der Waals surface area contributed by atoms with Crippen LogP contribution < -0.4 is 9.54 Å². The fourth-order valence-corrected chi connectivity index (χ4v) is 4.85. The van der Waals surface area contributed by atoms with Crippen LogP contribution in [0.3, 0.4) is 0 Å². The van der Waals surface area contributed by atoms with Gasteiger partial charge >= 0.3 is 12.1 Å². The number of unbranched alkanes of at least 4 members (excludes halogenated alkanes) is 1. The molecule has 3 aromatic carbocycles. The molecule has 7 nitrogen and oxygen atoms in total. The molecular formula is C30H28F3N3O4S. The Balaban J connectivity index is 1.56. The van der Waals surface area contributed by atoms with Gasteiger partial charge in [-0.05, 0) is 55.2 Å². The van der Waals surface area contributed by atoms with Crippen LogP contribution in [0, 0.1) is 0 Å². The molecule has 1 heterocycles. The van der Waals surface area contributed by atoms with Crippen molar-refractivity contribution in [1.29, 1.82) is 0 Å². The molecule has 0 fully saturated rings. The number of rotatable bonds is 11. The lowest BCUT2D eigenvalue weighted by atomic mass is 10.1. The molecule has 0 aliphatic carbocycles. The van der Waals surface area contributed by atoms with Crippen molar-refractivity contribution in [3.05, 3.63) is 94.8 Å². The van der Waals surface area contributed by atoms with Gasteiger partial charge < -0.3 is 9.47 Å². The first-order chi connectivity index (χ1) is 19.7. The highest BCUT2D eigenvalue weighted by atomic mass is 32.1. The zero-order valence-electron chi connectivity index (χ0n) is 22.3. The Morgan fingerprint density at radius 3 is 2.37 bits per heavy atom. The quantitative estimate of drug-likeness (QED) is 0.143. The minimum absolute atomic E-state index is 0.0579. The van der Waals surface area contributed by atoms with Crippen molar-refractivity contribution < 1.29 is 32.2 Å². The third-order valence-electron chi connectivity index (χ3n) is 6.02. The summed E-state index contributed by atoms with van der Waals surface area (Å²) in [5, 5.41) is 5.27. The normalized spacial score (nSPS) is 11.9. The monoisotopic (exact) mass is 583 g/mol. The highest BCUT2D eigenvalue weighted by molar-refractivity contribution is 7.12. The summed E-state index contributed by atoms with van der Waals surface area (Å²) in [5.41, 5.74) is 0.970. The molecule has 0 aliphatic rings. The second-order valence-electron chi connectivity index (χ2n) is 9.09.